The summed E-state index contributed by atoms with van der Waals surface area (Å²) in [5.41, 5.74) is 2.44. The number of nitrogens with zero attached hydrogens (tertiary/aromatic N) is 1. The lowest BCUT2D eigenvalue weighted by molar-refractivity contribution is -0.137. The van der Waals surface area contributed by atoms with Gasteiger partial charge in [-0.3, -0.25) is 29.9 Å². The van der Waals surface area contributed by atoms with Crippen LogP contribution in [-0.4, -0.2) is 40.7 Å². The maximum atomic E-state index is 12.5. The van der Waals surface area contributed by atoms with Gasteiger partial charge in [-0.2, -0.15) is 0 Å². The lowest BCUT2D eigenvalue weighted by atomic mass is 9.87. The lowest BCUT2D eigenvalue weighted by Gasteiger charge is -2.29. The van der Waals surface area contributed by atoms with E-state index in [1.54, 1.807) is 12.1 Å². The summed E-state index contributed by atoms with van der Waals surface area (Å²) in [6, 6.07) is 4.69. The van der Waals surface area contributed by atoms with E-state index in [2.05, 4.69) is 22.9 Å². The number of carbonyl (C=O) groups excluding carboxylic acids is 4. The number of hydrogen-bond donors (Lipinski definition) is 3. The Bertz CT molecular complexity index is 876. The van der Waals surface area contributed by atoms with Crippen molar-refractivity contribution in [2.24, 2.45) is 5.92 Å². The van der Waals surface area contributed by atoms with Crippen molar-refractivity contribution in [2.45, 2.75) is 70.6 Å². The van der Waals surface area contributed by atoms with Crippen LogP contribution in [0.5, 0.6) is 0 Å². The van der Waals surface area contributed by atoms with Gasteiger partial charge in [0.2, 0.25) is 11.8 Å². The quantitative estimate of drug-likeness (QED) is 0.657. The van der Waals surface area contributed by atoms with Crippen molar-refractivity contribution < 1.29 is 19.2 Å². The van der Waals surface area contributed by atoms with E-state index in [1.807, 2.05) is 11.0 Å². The zero-order valence-electron chi connectivity index (χ0n) is 17.2. The van der Waals surface area contributed by atoms with E-state index in [0.717, 1.165) is 36.8 Å². The maximum Gasteiger partial charge on any atom is 0.321 e. The molecule has 1 saturated heterocycles. The molecule has 8 nitrogen and oxygen atoms in total. The molecule has 2 aliphatic heterocycles. The van der Waals surface area contributed by atoms with Gasteiger partial charge in [0.1, 0.15) is 0 Å². The molecule has 0 spiro atoms. The Labute approximate surface area is 175 Å². The van der Waals surface area contributed by atoms with E-state index < -0.39 is 11.9 Å². The fourth-order valence-corrected chi connectivity index (χ4v) is 4.61. The minimum atomic E-state index is -0.453. The van der Waals surface area contributed by atoms with E-state index in [0.29, 0.717) is 37.4 Å². The highest BCUT2D eigenvalue weighted by molar-refractivity contribution is 6.04. The summed E-state index contributed by atoms with van der Waals surface area (Å²) in [6.45, 7) is 3.36. The van der Waals surface area contributed by atoms with Gasteiger partial charge in [0.05, 0.1) is 6.04 Å². The second-order valence-corrected chi connectivity index (χ2v) is 8.74. The van der Waals surface area contributed by atoms with E-state index in [4.69, 9.17) is 0 Å². The molecule has 5 amide bonds. The minimum Gasteiger partial charge on any atom is -0.335 e. The topological polar surface area (TPSA) is 108 Å². The average Bonchev–Trinajstić information content (AvgIpc) is 3.12. The van der Waals surface area contributed by atoms with E-state index >= 15 is 0 Å². The summed E-state index contributed by atoms with van der Waals surface area (Å²) in [6.07, 6.45) is 4.91. The summed E-state index contributed by atoms with van der Waals surface area (Å²) in [7, 11) is 0. The highest BCUT2D eigenvalue weighted by atomic mass is 16.2. The van der Waals surface area contributed by atoms with Gasteiger partial charge in [-0.15, -0.1) is 0 Å². The maximum absolute atomic E-state index is 12.5. The molecule has 0 radical (unpaired) electrons. The van der Waals surface area contributed by atoms with Crippen LogP contribution in [0.4, 0.5) is 4.79 Å². The zero-order valence-corrected chi connectivity index (χ0v) is 17.2. The SMILES string of the molecule is CC1CCC(NC(=O)NC(=O)c2ccc3c(c2)CN(C2CCC(=O)NC2=O)C3)CC1. The standard InChI is InChI=1S/C22H28N4O4/c1-13-2-6-17(7-3-13)23-22(30)25-20(28)14-4-5-15-11-26(12-16(15)10-14)18-8-9-19(27)24-21(18)29/h4-5,10,13,17-18H,2-3,6-9,11-12H2,1H3,(H,24,27,29)(H2,23,25,28,30). The number of nitrogens with one attached hydrogen (secondary N) is 3. The van der Waals surface area contributed by atoms with Crippen LogP contribution in [-0.2, 0) is 22.7 Å². The number of urea groups is 1. The van der Waals surface area contributed by atoms with Crippen LogP contribution in [0, 0.1) is 5.92 Å². The molecule has 3 N–H and O–H groups in total. The van der Waals surface area contributed by atoms with E-state index in [-0.39, 0.29) is 23.9 Å². The number of piperidine rings is 1. The Kier molecular flexibility index (Phi) is 5.85. The molecule has 3 aliphatic rings. The Morgan fingerprint density at radius 1 is 1.03 bits per heavy atom. The first-order valence-corrected chi connectivity index (χ1v) is 10.7. The molecule has 1 aliphatic carbocycles. The second kappa shape index (κ2) is 8.55. The third-order valence-corrected chi connectivity index (χ3v) is 6.44. The molecule has 2 heterocycles. The van der Waals surface area contributed by atoms with Gasteiger partial charge in [0, 0.05) is 31.1 Å². The molecule has 0 aromatic heterocycles. The summed E-state index contributed by atoms with van der Waals surface area (Å²) in [4.78, 5) is 50.3. The fourth-order valence-electron chi connectivity index (χ4n) is 4.61. The Morgan fingerprint density at radius 3 is 2.50 bits per heavy atom. The first kappa shape index (κ1) is 20.5. The molecule has 4 rings (SSSR count). The van der Waals surface area contributed by atoms with Crippen molar-refractivity contribution in [1.29, 1.82) is 0 Å². The number of amides is 5. The molecule has 8 heteroatoms. The average molecular weight is 412 g/mol. The molecule has 1 unspecified atom stereocenters. The van der Waals surface area contributed by atoms with Crippen molar-refractivity contribution >= 4 is 23.8 Å². The molecule has 2 fully saturated rings. The predicted octanol–water partition coefficient (Wildman–Crippen LogP) is 1.83. The number of carbonyl (C=O) groups is 4. The summed E-state index contributed by atoms with van der Waals surface area (Å²) < 4.78 is 0. The Balaban J connectivity index is 1.34. The molecule has 1 saturated carbocycles. The number of imide groups is 2. The Hall–Kier alpha value is -2.74. The van der Waals surface area contributed by atoms with Gasteiger partial charge < -0.3 is 5.32 Å². The number of hydrogen-bond acceptors (Lipinski definition) is 5. The largest absolute Gasteiger partial charge is 0.335 e. The summed E-state index contributed by atoms with van der Waals surface area (Å²) in [5.74, 6) is -0.225. The normalized spacial score (nSPS) is 26.6. The number of benzene rings is 1. The fraction of sp³-hybridized carbons (Fsp3) is 0.545. The summed E-state index contributed by atoms with van der Waals surface area (Å²) in [5, 5.41) is 7.72. The second-order valence-electron chi connectivity index (χ2n) is 8.74. The van der Waals surface area contributed by atoms with Crippen molar-refractivity contribution in [2.75, 3.05) is 0 Å². The molecule has 0 bridgehead atoms. The first-order chi connectivity index (χ1) is 14.4. The van der Waals surface area contributed by atoms with E-state index in [9.17, 15) is 19.2 Å². The van der Waals surface area contributed by atoms with Crippen LogP contribution in [0.3, 0.4) is 0 Å². The third kappa shape index (κ3) is 4.53. The van der Waals surface area contributed by atoms with Crippen LogP contribution in [0.15, 0.2) is 18.2 Å². The van der Waals surface area contributed by atoms with Crippen LogP contribution in [0.25, 0.3) is 0 Å². The van der Waals surface area contributed by atoms with Gasteiger partial charge in [-0.25, -0.2) is 4.79 Å². The van der Waals surface area contributed by atoms with Crippen molar-refractivity contribution in [3.8, 4) is 0 Å². The van der Waals surface area contributed by atoms with Gasteiger partial charge in [-0.1, -0.05) is 13.0 Å². The van der Waals surface area contributed by atoms with Gasteiger partial charge in [0.25, 0.3) is 5.91 Å². The van der Waals surface area contributed by atoms with Crippen LogP contribution >= 0.6 is 0 Å². The van der Waals surface area contributed by atoms with Crippen LogP contribution in [0.1, 0.15) is 66.9 Å². The monoisotopic (exact) mass is 412 g/mol. The minimum absolute atomic E-state index is 0.121. The smallest absolute Gasteiger partial charge is 0.321 e. The number of fused-ring (bicyclic) bond motifs is 1. The number of rotatable bonds is 3. The highest BCUT2D eigenvalue weighted by Gasteiger charge is 2.35. The first-order valence-electron chi connectivity index (χ1n) is 10.7. The molecule has 1 aromatic carbocycles. The van der Waals surface area contributed by atoms with Gasteiger partial charge in [0.15, 0.2) is 0 Å². The molecule has 1 aromatic rings. The zero-order chi connectivity index (χ0) is 21.3. The van der Waals surface area contributed by atoms with Gasteiger partial charge >= 0.3 is 6.03 Å². The van der Waals surface area contributed by atoms with Crippen molar-refractivity contribution in [3.63, 3.8) is 0 Å². The van der Waals surface area contributed by atoms with Crippen LogP contribution in [0.2, 0.25) is 0 Å². The molecule has 1 atom stereocenters. The molecular weight excluding hydrogens is 384 g/mol. The molecular formula is C22H28N4O4. The van der Waals surface area contributed by atoms with Crippen molar-refractivity contribution in [3.05, 3.63) is 34.9 Å². The highest BCUT2D eigenvalue weighted by Crippen LogP contribution is 2.28. The lowest BCUT2D eigenvalue weighted by Crippen LogP contribution is -2.50. The summed E-state index contributed by atoms with van der Waals surface area (Å²) >= 11 is 0. The molecule has 30 heavy (non-hydrogen) atoms. The van der Waals surface area contributed by atoms with Gasteiger partial charge in [-0.05, 0) is 61.3 Å². The van der Waals surface area contributed by atoms with Crippen LogP contribution < -0.4 is 16.0 Å². The van der Waals surface area contributed by atoms with E-state index in [1.165, 1.54) is 0 Å². The third-order valence-electron chi connectivity index (χ3n) is 6.44. The predicted molar refractivity (Wildman–Crippen MR) is 109 cm³/mol. The Morgan fingerprint density at radius 2 is 1.77 bits per heavy atom. The molecule has 160 valence electrons. The van der Waals surface area contributed by atoms with Crippen molar-refractivity contribution in [1.82, 2.24) is 20.9 Å².